The first-order chi connectivity index (χ1) is 11.7. The van der Waals surface area contributed by atoms with Crippen LogP contribution in [0, 0.1) is 10.1 Å². The topological polar surface area (TPSA) is 93.0 Å². The molecule has 0 amide bonds. The van der Waals surface area contributed by atoms with Gasteiger partial charge in [0, 0.05) is 4.90 Å². The molecule has 0 unspecified atom stereocenters. The summed E-state index contributed by atoms with van der Waals surface area (Å²) in [5.41, 5.74) is 6.27. The lowest BCUT2D eigenvalue weighted by Gasteiger charge is -2.10. The van der Waals surface area contributed by atoms with Gasteiger partial charge in [-0.15, -0.1) is 0 Å². The zero-order valence-electron chi connectivity index (χ0n) is 12.4. The zero-order chi connectivity index (χ0) is 16.8. The number of anilines is 2. The van der Waals surface area contributed by atoms with Gasteiger partial charge < -0.3 is 0 Å². The van der Waals surface area contributed by atoms with Crippen molar-refractivity contribution < 1.29 is 4.92 Å². The Bertz CT molecular complexity index is 830. The van der Waals surface area contributed by atoms with Crippen LogP contribution >= 0.6 is 11.8 Å². The molecule has 0 atom stereocenters. The smallest absolute Gasteiger partial charge is 0.299 e. The zero-order valence-corrected chi connectivity index (χ0v) is 13.2. The molecule has 0 aliphatic rings. The van der Waals surface area contributed by atoms with Crippen molar-refractivity contribution in [1.82, 2.24) is 9.97 Å². The van der Waals surface area contributed by atoms with Gasteiger partial charge in [0.2, 0.25) is 5.82 Å². The quantitative estimate of drug-likeness (QED) is 0.398. The molecule has 0 aliphatic carbocycles. The van der Waals surface area contributed by atoms with Crippen LogP contribution in [-0.4, -0.2) is 14.9 Å². The molecule has 0 saturated carbocycles. The lowest BCUT2D eigenvalue weighted by Crippen LogP contribution is -2.12. The van der Waals surface area contributed by atoms with E-state index in [1.165, 1.54) is 18.1 Å². The molecule has 0 bridgehead atoms. The first-order valence-corrected chi connectivity index (χ1v) is 7.85. The Labute approximate surface area is 142 Å². The third-order valence-corrected chi connectivity index (χ3v) is 4.03. The van der Waals surface area contributed by atoms with Crippen LogP contribution in [0.25, 0.3) is 0 Å². The van der Waals surface area contributed by atoms with E-state index in [4.69, 9.17) is 0 Å². The third kappa shape index (κ3) is 3.79. The fourth-order valence-corrected chi connectivity index (χ4v) is 2.83. The fraction of sp³-hybridized carbons (Fsp3) is 0. The largest absolute Gasteiger partial charge is 0.345 e. The van der Waals surface area contributed by atoms with Crippen LogP contribution in [0.2, 0.25) is 0 Å². The van der Waals surface area contributed by atoms with Gasteiger partial charge in [0.1, 0.15) is 6.33 Å². The SMILES string of the molecule is O=[N+]([O-])c1c(NNc2ccccc2)ncnc1Sc1ccccc1. The third-order valence-electron chi connectivity index (χ3n) is 3.03. The summed E-state index contributed by atoms with van der Waals surface area (Å²) < 4.78 is 0. The first kappa shape index (κ1) is 15.8. The Kier molecular flexibility index (Phi) is 4.87. The molecule has 1 heterocycles. The molecule has 0 saturated heterocycles. The number of benzene rings is 2. The van der Waals surface area contributed by atoms with Crippen molar-refractivity contribution in [3.8, 4) is 0 Å². The summed E-state index contributed by atoms with van der Waals surface area (Å²) in [6.07, 6.45) is 1.30. The normalized spacial score (nSPS) is 10.2. The van der Waals surface area contributed by atoms with Crippen LogP contribution in [0.1, 0.15) is 0 Å². The van der Waals surface area contributed by atoms with E-state index in [1.807, 2.05) is 60.7 Å². The summed E-state index contributed by atoms with van der Waals surface area (Å²) in [6, 6.07) is 18.6. The second kappa shape index (κ2) is 7.42. The number of nitrogens with one attached hydrogen (secondary N) is 2. The molecule has 0 aliphatic heterocycles. The minimum Gasteiger partial charge on any atom is -0.299 e. The molecule has 7 nitrogen and oxygen atoms in total. The Morgan fingerprint density at radius 1 is 0.917 bits per heavy atom. The van der Waals surface area contributed by atoms with Gasteiger partial charge in [-0.2, -0.15) is 0 Å². The molecule has 120 valence electrons. The van der Waals surface area contributed by atoms with Crippen LogP contribution in [0.4, 0.5) is 17.2 Å². The monoisotopic (exact) mass is 339 g/mol. The summed E-state index contributed by atoms with van der Waals surface area (Å²) >= 11 is 1.22. The van der Waals surface area contributed by atoms with Gasteiger partial charge in [-0.25, -0.2) is 9.97 Å². The van der Waals surface area contributed by atoms with E-state index < -0.39 is 4.92 Å². The molecule has 2 aromatic carbocycles. The highest BCUT2D eigenvalue weighted by Crippen LogP contribution is 2.36. The summed E-state index contributed by atoms with van der Waals surface area (Å²) in [5.74, 6) is 0.109. The maximum atomic E-state index is 11.5. The van der Waals surface area contributed by atoms with Gasteiger partial charge in [-0.1, -0.05) is 48.2 Å². The van der Waals surface area contributed by atoms with Crippen molar-refractivity contribution in [3.63, 3.8) is 0 Å². The van der Waals surface area contributed by atoms with E-state index in [9.17, 15) is 10.1 Å². The van der Waals surface area contributed by atoms with Crippen LogP contribution in [-0.2, 0) is 0 Å². The number of para-hydroxylation sites is 1. The van der Waals surface area contributed by atoms with E-state index in [0.717, 1.165) is 10.6 Å². The van der Waals surface area contributed by atoms with Crippen LogP contribution in [0.3, 0.4) is 0 Å². The lowest BCUT2D eigenvalue weighted by molar-refractivity contribution is -0.387. The minimum atomic E-state index is -0.486. The average Bonchev–Trinajstić information content (AvgIpc) is 2.61. The molecule has 3 aromatic rings. The van der Waals surface area contributed by atoms with Crippen molar-refractivity contribution in [3.05, 3.63) is 77.1 Å². The minimum absolute atomic E-state index is 0.109. The Balaban J connectivity index is 1.86. The molecular weight excluding hydrogens is 326 g/mol. The predicted molar refractivity (Wildman–Crippen MR) is 92.9 cm³/mol. The maximum absolute atomic E-state index is 11.5. The van der Waals surface area contributed by atoms with E-state index in [1.54, 1.807) is 0 Å². The average molecular weight is 339 g/mol. The fourth-order valence-electron chi connectivity index (χ4n) is 1.95. The molecule has 3 rings (SSSR count). The van der Waals surface area contributed by atoms with E-state index in [0.29, 0.717) is 0 Å². The molecule has 1 aromatic heterocycles. The van der Waals surface area contributed by atoms with Gasteiger partial charge in [0.25, 0.3) is 0 Å². The second-order valence-electron chi connectivity index (χ2n) is 4.66. The second-order valence-corrected chi connectivity index (χ2v) is 5.73. The number of hydrazine groups is 1. The summed E-state index contributed by atoms with van der Waals surface area (Å²) in [4.78, 5) is 19.9. The first-order valence-electron chi connectivity index (χ1n) is 7.03. The molecular formula is C16H13N5O2S. The lowest BCUT2D eigenvalue weighted by atomic mass is 10.3. The number of aromatic nitrogens is 2. The number of nitro groups is 1. The maximum Gasteiger partial charge on any atom is 0.345 e. The van der Waals surface area contributed by atoms with Crippen LogP contribution in [0.15, 0.2) is 76.9 Å². The number of nitrogens with zero attached hydrogens (tertiary/aromatic N) is 3. The molecule has 0 fully saturated rings. The van der Waals surface area contributed by atoms with Crippen LogP contribution in [0.5, 0.6) is 0 Å². The van der Waals surface area contributed by atoms with Crippen LogP contribution < -0.4 is 10.9 Å². The highest BCUT2D eigenvalue weighted by molar-refractivity contribution is 7.99. The van der Waals surface area contributed by atoms with Gasteiger partial charge >= 0.3 is 5.69 Å². The molecule has 0 spiro atoms. The van der Waals surface area contributed by atoms with Crippen molar-refractivity contribution in [2.45, 2.75) is 9.92 Å². The van der Waals surface area contributed by atoms with Gasteiger partial charge in [-0.3, -0.25) is 21.0 Å². The van der Waals surface area contributed by atoms with E-state index in [2.05, 4.69) is 20.8 Å². The van der Waals surface area contributed by atoms with Gasteiger partial charge in [-0.05, 0) is 24.3 Å². The van der Waals surface area contributed by atoms with Gasteiger partial charge in [0.15, 0.2) is 5.03 Å². The summed E-state index contributed by atoms with van der Waals surface area (Å²) in [6.45, 7) is 0. The Morgan fingerprint density at radius 3 is 2.25 bits per heavy atom. The summed E-state index contributed by atoms with van der Waals surface area (Å²) in [5, 5.41) is 11.8. The Morgan fingerprint density at radius 2 is 1.58 bits per heavy atom. The molecule has 24 heavy (non-hydrogen) atoms. The predicted octanol–water partition coefficient (Wildman–Crippen LogP) is 3.98. The van der Waals surface area contributed by atoms with E-state index in [-0.39, 0.29) is 16.5 Å². The van der Waals surface area contributed by atoms with Crippen molar-refractivity contribution in [1.29, 1.82) is 0 Å². The summed E-state index contributed by atoms with van der Waals surface area (Å²) in [7, 11) is 0. The number of rotatable bonds is 6. The van der Waals surface area contributed by atoms with E-state index >= 15 is 0 Å². The molecule has 2 N–H and O–H groups in total. The Hall–Kier alpha value is -3.13. The highest BCUT2D eigenvalue weighted by atomic mass is 32.2. The van der Waals surface area contributed by atoms with Crippen molar-refractivity contribution in [2.75, 3.05) is 10.9 Å². The van der Waals surface area contributed by atoms with Crippen molar-refractivity contribution in [2.24, 2.45) is 0 Å². The number of hydrogen-bond acceptors (Lipinski definition) is 7. The molecule has 0 radical (unpaired) electrons. The number of hydrogen-bond donors (Lipinski definition) is 2. The van der Waals surface area contributed by atoms with Gasteiger partial charge in [0.05, 0.1) is 10.6 Å². The molecule has 8 heteroatoms. The standard InChI is InChI=1S/C16H13N5O2S/c22-21(23)14-15(20-19-12-7-3-1-4-8-12)17-11-18-16(14)24-13-9-5-2-6-10-13/h1-11,19H,(H,17,18,20). The highest BCUT2D eigenvalue weighted by Gasteiger charge is 2.23. The van der Waals surface area contributed by atoms with Crippen molar-refractivity contribution >= 4 is 29.0 Å².